The summed E-state index contributed by atoms with van der Waals surface area (Å²) in [5.41, 5.74) is 1.14. The van der Waals surface area contributed by atoms with E-state index in [0.717, 1.165) is 5.69 Å². The lowest BCUT2D eigenvalue weighted by Gasteiger charge is -1.99. The molecule has 11 heavy (non-hydrogen) atoms. The Hall–Kier alpha value is -1.05. The minimum Gasteiger partial charge on any atom is -0.474 e. The van der Waals surface area contributed by atoms with Crippen LogP contribution in [0.4, 0.5) is 0 Å². The van der Waals surface area contributed by atoms with E-state index in [1.54, 1.807) is 0 Å². The second-order valence-electron chi connectivity index (χ2n) is 2.82. The third kappa shape index (κ3) is 1.34. The molecule has 0 aromatic carbocycles. The zero-order valence-electron chi connectivity index (χ0n) is 6.29. The molecule has 0 amide bonds. The lowest BCUT2D eigenvalue weighted by atomic mass is 10.2. The third-order valence-electron chi connectivity index (χ3n) is 1.89. The van der Waals surface area contributed by atoms with Crippen molar-refractivity contribution < 1.29 is 4.74 Å². The van der Waals surface area contributed by atoms with Crippen LogP contribution in [-0.4, -0.2) is 4.98 Å². The van der Waals surface area contributed by atoms with Crippen molar-refractivity contribution in [1.29, 1.82) is 0 Å². The lowest BCUT2D eigenvalue weighted by molar-refractivity contribution is 0.451. The van der Waals surface area contributed by atoms with Gasteiger partial charge in [-0.05, 0) is 18.9 Å². The fourth-order valence-electron chi connectivity index (χ4n) is 1.12. The molecule has 1 saturated carbocycles. The molecule has 1 aromatic rings. The highest BCUT2D eigenvalue weighted by atomic mass is 16.5. The largest absolute Gasteiger partial charge is 0.474 e. The van der Waals surface area contributed by atoms with Gasteiger partial charge in [0.2, 0.25) is 5.88 Å². The maximum absolute atomic E-state index is 4.77. The average Bonchev–Trinajstić information content (AvgIpc) is 2.87. The first-order chi connectivity index (χ1) is 5.40. The molecule has 2 nitrogen and oxygen atoms in total. The Labute approximate surface area is 66.2 Å². The Bertz CT molecular complexity index is 255. The highest BCUT2D eigenvalue weighted by molar-refractivity contribution is 5.21. The Morgan fingerprint density at radius 3 is 2.91 bits per heavy atom. The predicted molar refractivity (Wildman–Crippen MR) is 42.2 cm³/mol. The first-order valence-electron chi connectivity index (χ1n) is 3.79. The van der Waals surface area contributed by atoms with E-state index in [9.17, 15) is 0 Å². The molecule has 1 heterocycles. The fourth-order valence-corrected chi connectivity index (χ4v) is 1.12. The van der Waals surface area contributed by atoms with E-state index in [4.69, 9.17) is 4.74 Å². The van der Waals surface area contributed by atoms with E-state index in [1.165, 1.54) is 12.8 Å². The molecule has 1 aromatic heterocycles. The minimum atomic E-state index is 0.620. The molecule has 1 fully saturated rings. The van der Waals surface area contributed by atoms with E-state index in [-0.39, 0.29) is 0 Å². The number of hydrogen-bond acceptors (Lipinski definition) is 2. The molecule has 0 unspecified atom stereocenters. The van der Waals surface area contributed by atoms with Gasteiger partial charge >= 0.3 is 0 Å². The van der Waals surface area contributed by atoms with Crippen LogP contribution < -0.4 is 4.74 Å². The second kappa shape index (κ2) is 2.53. The normalized spacial score (nSPS) is 16.5. The van der Waals surface area contributed by atoms with Gasteiger partial charge in [-0.2, -0.15) is 0 Å². The van der Waals surface area contributed by atoms with Crippen LogP contribution in [0, 0.1) is 7.11 Å². The van der Waals surface area contributed by atoms with Crippen molar-refractivity contribution in [3.05, 3.63) is 31.0 Å². The Balaban J connectivity index is 2.26. The van der Waals surface area contributed by atoms with Gasteiger partial charge in [0.15, 0.2) is 0 Å². The maximum atomic E-state index is 4.77. The molecule has 0 bridgehead atoms. The van der Waals surface area contributed by atoms with Crippen LogP contribution in [0.15, 0.2) is 18.2 Å². The lowest BCUT2D eigenvalue weighted by Crippen LogP contribution is -1.89. The van der Waals surface area contributed by atoms with Gasteiger partial charge in [0.25, 0.3) is 0 Å². The summed E-state index contributed by atoms with van der Waals surface area (Å²) in [6.07, 6.45) is 2.54. The van der Waals surface area contributed by atoms with Crippen LogP contribution in [0.5, 0.6) is 5.88 Å². The van der Waals surface area contributed by atoms with E-state index in [2.05, 4.69) is 12.1 Å². The van der Waals surface area contributed by atoms with E-state index < -0.39 is 0 Å². The Morgan fingerprint density at radius 2 is 2.27 bits per heavy atom. The molecule has 1 aliphatic carbocycles. The van der Waals surface area contributed by atoms with E-state index >= 15 is 0 Å². The number of pyridine rings is 1. The van der Waals surface area contributed by atoms with Crippen LogP contribution in [0.25, 0.3) is 0 Å². The molecule has 0 spiro atoms. The number of ether oxygens (including phenoxy) is 1. The molecule has 1 radical (unpaired) electrons. The van der Waals surface area contributed by atoms with Crippen LogP contribution >= 0.6 is 0 Å². The zero-order chi connectivity index (χ0) is 7.68. The molecule has 1 aliphatic rings. The minimum absolute atomic E-state index is 0.620. The van der Waals surface area contributed by atoms with Crippen molar-refractivity contribution in [2.75, 3.05) is 0 Å². The van der Waals surface area contributed by atoms with Crippen molar-refractivity contribution in [2.24, 2.45) is 0 Å². The monoisotopic (exact) mass is 148 g/mol. The fraction of sp³-hybridized carbons (Fsp3) is 0.333. The van der Waals surface area contributed by atoms with Crippen molar-refractivity contribution in [3.8, 4) is 5.88 Å². The van der Waals surface area contributed by atoms with Crippen molar-refractivity contribution in [2.45, 2.75) is 18.8 Å². The molecular formula is C9H10NO. The SMILES string of the molecule is [CH2]Oc1cccc(C2CC2)n1. The van der Waals surface area contributed by atoms with Gasteiger partial charge in [-0.25, -0.2) is 4.98 Å². The summed E-state index contributed by atoms with van der Waals surface area (Å²) in [6, 6.07) is 5.82. The van der Waals surface area contributed by atoms with Gasteiger partial charge in [-0.3, -0.25) is 0 Å². The number of aromatic nitrogens is 1. The predicted octanol–water partition coefficient (Wildman–Crippen LogP) is 2.13. The van der Waals surface area contributed by atoms with Gasteiger partial charge in [0.05, 0.1) is 0 Å². The third-order valence-corrected chi connectivity index (χ3v) is 1.89. The Kier molecular flexibility index (Phi) is 1.53. The van der Waals surface area contributed by atoms with E-state index in [0.29, 0.717) is 11.8 Å². The van der Waals surface area contributed by atoms with Gasteiger partial charge in [-0.15, -0.1) is 0 Å². The molecule has 0 N–H and O–H groups in total. The first-order valence-corrected chi connectivity index (χ1v) is 3.79. The highest BCUT2D eigenvalue weighted by Crippen LogP contribution is 2.39. The van der Waals surface area contributed by atoms with Gasteiger partial charge in [0, 0.05) is 17.7 Å². The summed E-state index contributed by atoms with van der Waals surface area (Å²) in [7, 11) is 3.31. The average molecular weight is 148 g/mol. The summed E-state index contributed by atoms with van der Waals surface area (Å²) in [5, 5.41) is 0. The van der Waals surface area contributed by atoms with Crippen molar-refractivity contribution >= 4 is 0 Å². The molecule has 2 rings (SSSR count). The van der Waals surface area contributed by atoms with Crippen LogP contribution in [0.2, 0.25) is 0 Å². The summed E-state index contributed by atoms with van der Waals surface area (Å²) in [5.74, 6) is 1.31. The van der Waals surface area contributed by atoms with E-state index in [1.807, 2.05) is 18.2 Å². The quantitative estimate of drug-likeness (QED) is 0.641. The second-order valence-corrected chi connectivity index (χ2v) is 2.82. The molecule has 0 aliphatic heterocycles. The molecule has 57 valence electrons. The molecular weight excluding hydrogens is 138 g/mol. The standard InChI is InChI=1S/C9H10NO/c1-11-9-4-2-3-8(10-9)7-5-6-7/h2-4,7H,1,5-6H2. The zero-order valence-corrected chi connectivity index (χ0v) is 6.29. The van der Waals surface area contributed by atoms with Crippen LogP contribution in [0.3, 0.4) is 0 Å². The number of hydrogen-bond donors (Lipinski definition) is 0. The van der Waals surface area contributed by atoms with Crippen LogP contribution in [0.1, 0.15) is 24.5 Å². The number of nitrogens with zero attached hydrogens (tertiary/aromatic N) is 1. The van der Waals surface area contributed by atoms with Gasteiger partial charge in [0.1, 0.15) is 7.11 Å². The summed E-state index contributed by atoms with van der Waals surface area (Å²) in [4.78, 5) is 4.27. The number of rotatable bonds is 2. The van der Waals surface area contributed by atoms with Gasteiger partial charge in [-0.1, -0.05) is 6.07 Å². The molecule has 0 saturated heterocycles. The Morgan fingerprint density at radius 1 is 1.45 bits per heavy atom. The highest BCUT2D eigenvalue weighted by Gasteiger charge is 2.24. The van der Waals surface area contributed by atoms with Crippen molar-refractivity contribution in [3.63, 3.8) is 0 Å². The van der Waals surface area contributed by atoms with Gasteiger partial charge < -0.3 is 4.74 Å². The van der Waals surface area contributed by atoms with Crippen LogP contribution in [-0.2, 0) is 0 Å². The molecule has 0 atom stereocenters. The van der Waals surface area contributed by atoms with Crippen molar-refractivity contribution in [1.82, 2.24) is 4.98 Å². The summed E-state index contributed by atoms with van der Waals surface area (Å²) in [6.45, 7) is 0. The first kappa shape index (κ1) is 6.65. The topological polar surface area (TPSA) is 22.1 Å². The summed E-state index contributed by atoms with van der Waals surface area (Å²) < 4.78 is 4.77. The summed E-state index contributed by atoms with van der Waals surface area (Å²) >= 11 is 0. The smallest absolute Gasteiger partial charge is 0.213 e. The maximum Gasteiger partial charge on any atom is 0.213 e. The molecule has 2 heteroatoms.